The minimum Gasteiger partial charge on any atom is -0.506 e. The van der Waals surface area contributed by atoms with Crippen LogP contribution in [0.4, 0.5) is 15.6 Å². The van der Waals surface area contributed by atoms with Crippen LogP contribution < -0.4 is 10.6 Å². The Morgan fingerprint density at radius 1 is 1.19 bits per heavy atom. The number of aromatic nitrogens is 1. The lowest BCUT2D eigenvalue weighted by Gasteiger charge is -2.06. The maximum Gasteiger partial charge on any atom is 0.325 e. The van der Waals surface area contributed by atoms with Gasteiger partial charge in [0.15, 0.2) is 5.13 Å². The van der Waals surface area contributed by atoms with Crippen LogP contribution in [0.15, 0.2) is 42.5 Å². The largest absolute Gasteiger partial charge is 0.506 e. The molecule has 1 heterocycles. The lowest BCUT2D eigenvalue weighted by atomic mass is 10.3. The fourth-order valence-electron chi connectivity index (χ4n) is 1.78. The van der Waals surface area contributed by atoms with Gasteiger partial charge in [0.25, 0.3) is 0 Å². The maximum atomic E-state index is 11.9. The second kappa shape index (κ2) is 5.59. The van der Waals surface area contributed by atoms with Gasteiger partial charge in [-0.2, -0.15) is 0 Å². The molecule has 0 atom stereocenters. The molecule has 106 valence electrons. The summed E-state index contributed by atoms with van der Waals surface area (Å²) in [6.07, 6.45) is 0. The van der Waals surface area contributed by atoms with Crippen LogP contribution >= 0.6 is 22.9 Å². The quantitative estimate of drug-likeness (QED) is 0.616. The first-order valence-electron chi connectivity index (χ1n) is 6.04. The molecular weight excluding hydrogens is 310 g/mol. The van der Waals surface area contributed by atoms with Crippen LogP contribution in [0, 0.1) is 0 Å². The second-order valence-corrected chi connectivity index (χ2v) is 5.69. The topological polar surface area (TPSA) is 74.2 Å². The number of anilines is 2. The highest BCUT2D eigenvalue weighted by Gasteiger charge is 2.09. The Bertz CT molecular complexity index is 819. The number of phenolic OH excluding ortho intramolecular Hbond substituents is 1. The molecule has 2 aromatic carbocycles. The molecular formula is C14H10ClN3O2S. The van der Waals surface area contributed by atoms with Gasteiger partial charge in [0.2, 0.25) is 0 Å². The van der Waals surface area contributed by atoms with E-state index in [4.69, 9.17) is 11.6 Å². The lowest BCUT2D eigenvalue weighted by Crippen LogP contribution is -2.19. The van der Waals surface area contributed by atoms with Crippen LogP contribution in [0.25, 0.3) is 10.2 Å². The number of urea groups is 1. The van der Waals surface area contributed by atoms with E-state index in [1.807, 2.05) is 0 Å². The van der Waals surface area contributed by atoms with Gasteiger partial charge < -0.3 is 10.4 Å². The molecule has 0 aliphatic carbocycles. The molecule has 3 N–H and O–H groups in total. The summed E-state index contributed by atoms with van der Waals surface area (Å²) in [5.41, 5.74) is 1.10. The zero-order valence-electron chi connectivity index (χ0n) is 10.6. The van der Waals surface area contributed by atoms with Crippen molar-refractivity contribution in [1.29, 1.82) is 0 Å². The molecule has 0 radical (unpaired) electrons. The molecule has 0 spiro atoms. The zero-order valence-corrected chi connectivity index (χ0v) is 12.2. The molecule has 0 aliphatic rings. The molecule has 0 unspecified atom stereocenters. The Hall–Kier alpha value is -2.31. The molecule has 21 heavy (non-hydrogen) atoms. The average molecular weight is 320 g/mol. The molecule has 0 fully saturated rings. The van der Waals surface area contributed by atoms with E-state index in [0.717, 1.165) is 10.2 Å². The van der Waals surface area contributed by atoms with E-state index < -0.39 is 6.03 Å². The van der Waals surface area contributed by atoms with Crippen molar-refractivity contribution in [3.63, 3.8) is 0 Å². The minimum absolute atomic E-state index is 0.00346. The van der Waals surface area contributed by atoms with E-state index in [1.54, 1.807) is 36.4 Å². The van der Waals surface area contributed by atoms with Crippen LogP contribution in [0.2, 0.25) is 5.02 Å². The van der Waals surface area contributed by atoms with Crippen LogP contribution in [-0.2, 0) is 0 Å². The van der Waals surface area contributed by atoms with Gasteiger partial charge >= 0.3 is 6.03 Å². The molecule has 1 aromatic heterocycles. The first kappa shape index (κ1) is 13.7. The fourth-order valence-corrected chi connectivity index (χ4v) is 2.92. The highest BCUT2D eigenvalue weighted by atomic mass is 35.5. The lowest BCUT2D eigenvalue weighted by molar-refractivity contribution is 0.262. The van der Waals surface area contributed by atoms with Crippen molar-refractivity contribution >= 4 is 50.0 Å². The summed E-state index contributed by atoms with van der Waals surface area (Å²) < 4.78 is 0.889. The summed E-state index contributed by atoms with van der Waals surface area (Å²) in [5.74, 6) is 0.00346. The molecule has 0 aliphatic heterocycles. The molecule has 7 heteroatoms. The molecule has 0 saturated heterocycles. The van der Waals surface area contributed by atoms with Crippen LogP contribution in [0.3, 0.4) is 0 Å². The van der Waals surface area contributed by atoms with Crippen molar-refractivity contribution in [2.75, 3.05) is 10.6 Å². The van der Waals surface area contributed by atoms with E-state index >= 15 is 0 Å². The van der Waals surface area contributed by atoms with E-state index in [1.165, 1.54) is 17.4 Å². The van der Waals surface area contributed by atoms with E-state index in [-0.39, 0.29) is 5.75 Å². The predicted octanol–water partition coefficient (Wildman–Crippen LogP) is 4.30. The summed E-state index contributed by atoms with van der Waals surface area (Å²) in [4.78, 5) is 16.2. The Morgan fingerprint density at radius 3 is 2.81 bits per heavy atom. The third-order valence-electron chi connectivity index (χ3n) is 2.72. The number of aromatic hydroxyl groups is 1. The number of thiazole rings is 1. The smallest absolute Gasteiger partial charge is 0.325 e. The number of amides is 2. The Morgan fingerprint density at radius 2 is 2.00 bits per heavy atom. The highest BCUT2D eigenvalue weighted by Crippen LogP contribution is 2.28. The third-order valence-corrected chi connectivity index (χ3v) is 3.89. The van der Waals surface area contributed by atoms with Crippen LogP contribution in [-0.4, -0.2) is 16.1 Å². The molecule has 3 rings (SSSR count). The second-order valence-electron chi connectivity index (χ2n) is 4.23. The van der Waals surface area contributed by atoms with Crippen molar-refractivity contribution in [1.82, 2.24) is 4.98 Å². The van der Waals surface area contributed by atoms with Gasteiger partial charge in [-0.1, -0.05) is 35.1 Å². The summed E-state index contributed by atoms with van der Waals surface area (Å²) in [7, 11) is 0. The molecule has 0 bridgehead atoms. The number of rotatable bonds is 2. The van der Waals surface area contributed by atoms with Crippen molar-refractivity contribution < 1.29 is 9.90 Å². The summed E-state index contributed by atoms with van der Waals surface area (Å²) in [6, 6.07) is 11.4. The number of nitrogens with zero attached hydrogens (tertiary/aromatic N) is 1. The first-order chi connectivity index (χ1) is 10.1. The van der Waals surface area contributed by atoms with Gasteiger partial charge in [0, 0.05) is 5.02 Å². The monoisotopic (exact) mass is 319 g/mol. The Balaban J connectivity index is 1.75. The number of carbonyl (C=O) groups is 1. The summed E-state index contributed by atoms with van der Waals surface area (Å²) >= 11 is 7.23. The van der Waals surface area contributed by atoms with Gasteiger partial charge in [-0.15, -0.1) is 0 Å². The number of fused-ring (bicyclic) bond motifs is 1. The number of hydrogen-bond acceptors (Lipinski definition) is 4. The third kappa shape index (κ3) is 3.07. The normalized spacial score (nSPS) is 10.5. The van der Waals surface area contributed by atoms with E-state index in [2.05, 4.69) is 15.6 Å². The number of carbonyl (C=O) groups excluding carboxylic acids is 1. The standard InChI is InChI=1S/C14H10ClN3O2S/c15-8-5-6-10-12(7-8)21-14(17-10)18-13(20)16-9-3-1-2-4-11(9)19/h1-7,19H,(H2,16,17,18,20). The number of benzene rings is 2. The van der Waals surface area contributed by atoms with Gasteiger partial charge in [0.1, 0.15) is 5.75 Å². The number of hydrogen-bond donors (Lipinski definition) is 3. The predicted molar refractivity (Wildman–Crippen MR) is 85.4 cm³/mol. The number of nitrogens with one attached hydrogen (secondary N) is 2. The van der Waals surface area contributed by atoms with Crippen molar-refractivity contribution in [3.8, 4) is 5.75 Å². The summed E-state index contributed by atoms with van der Waals surface area (Å²) in [5, 5.41) is 15.9. The molecule has 3 aromatic rings. The van der Waals surface area contributed by atoms with Crippen molar-refractivity contribution in [2.24, 2.45) is 0 Å². The molecule has 0 saturated carbocycles. The van der Waals surface area contributed by atoms with Crippen LogP contribution in [0.1, 0.15) is 0 Å². The Kier molecular flexibility index (Phi) is 3.64. The van der Waals surface area contributed by atoms with Gasteiger partial charge in [-0.05, 0) is 30.3 Å². The van der Waals surface area contributed by atoms with Gasteiger partial charge in [-0.25, -0.2) is 9.78 Å². The average Bonchev–Trinajstić information content (AvgIpc) is 2.82. The SMILES string of the molecule is O=C(Nc1nc2ccc(Cl)cc2s1)Nc1ccccc1O. The van der Waals surface area contributed by atoms with Gasteiger partial charge in [0.05, 0.1) is 15.9 Å². The van der Waals surface area contributed by atoms with Crippen molar-refractivity contribution in [2.45, 2.75) is 0 Å². The Labute approximate surface area is 129 Å². The highest BCUT2D eigenvalue weighted by molar-refractivity contribution is 7.22. The zero-order chi connectivity index (χ0) is 14.8. The molecule has 2 amide bonds. The van der Waals surface area contributed by atoms with Crippen molar-refractivity contribution in [3.05, 3.63) is 47.5 Å². The fraction of sp³-hybridized carbons (Fsp3) is 0. The van der Waals surface area contributed by atoms with E-state index in [0.29, 0.717) is 15.8 Å². The summed E-state index contributed by atoms with van der Waals surface area (Å²) in [6.45, 7) is 0. The van der Waals surface area contributed by atoms with E-state index in [9.17, 15) is 9.90 Å². The number of halogens is 1. The number of phenols is 1. The maximum absolute atomic E-state index is 11.9. The molecule has 5 nitrogen and oxygen atoms in total. The first-order valence-corrected chi connectivity index (χ1v) is 7.23. The van der Waals surface area contributed by atoms with Crippen LogP contribution in [0.5, 0.6) is 5.75 Å². The van der Waals surface area contributed by atoms with Gasteiger partial charge in [-0.3, -0.25) is 5.32 Å². The minimum atomic E-state index is -0.471. The number of para-hydroxylation sites is 2.